The number of ether oxygens (including phenoxy) is 2. The Bertz CT molecular complexity index is 872. The fourth-order valence-corrected chi connectivity index (χ4v) is 3.32. The number of aromatic nitrogens is 1. The van der Waals surface area contributed by atoms with Crippen LogP contribution in [0.5, 0.6) is 0 Å². The van der Waals surface area contributed by atoms with E-state index in [0.29, 0.717) is 37.5 Å². The summed E-state index contributed by atoms with van der Waals surface area (Å²) in [5, 5.41) is 7.12. The minimum absolute atomic E-state index is 0.00187. The second-order valence-corrected chi connectivity index (χ2v) is 7.02. The van der Waals surface area contributed by atoms with Crippen LogP contribution in [0.15, 0.2) is 41.3 Å². The average molecular weight is 458 g/mol. The van der Waals surface area contributed by atoms with Gasteiger partial charge in [0.2, 0.25) is 0 Å². The second-order valence-electron chi connectivity index (χ2n) is 7.02. The van der Waals surface area contributed by atoms with Gasteiger partial charge in [-0.25, -0.2) is 4.79 Å². The van der Waals surface area contributed by atoms with E-state index in [2.05, 4.69) is 4.98 Å². The van der Waals surface area contributed by atoms with Crippen LogP contribution in [0.25, 0.3) is 0 Å². The zero-order chi connectivity index (χ0) is 23.7. The Morgan fingerprint density at radius 1 is 1.31 bits per heavy atom. The van der Waals surface area contributed by atoms with Gasteiger partial charge in [0.1, 0.15) is 5.76 Å². The maximum Gasteiger partial charge on any atom is 0.490 e. The normalized spacial score (nSPS) is 18.2. The Morgan fingerprint density at radius 2 is 2.03 bits per heavy atom. The number of carboxylic acid groups (broad SMARTS) is 1. The van der Waals surface area contributed by atoms with Crippen LogP contribution >= 0.6 is 0 Å². The molecular weight excluding hydrogens is 433 g/mol. The van der Waals surface area contributed by atoms with Crippen LogP contribution in [0.2, 0.25) is 0 Å². The Morgan fingerprint density at radius 3 is 2.56 bits per heavy atom. The zero-order valence-corrected chi connectivity index (χ0v) is 17.7. The molecule has 1 saturated heterocycles. The van der Waals surface area contributed by atoms with Gasteiger partial charge in [-0.15, -0.1) is 0 Å². The highest BCUT2D eigenvalue weighted by molar-refractivity contribution is 5.95. The van der Waals surface area contributed by atoms with Crippen molar-refractivity contribution in [1.29, 1.82) is 0 Å². The molecule has 3 rings (SSSR count). The lowest BCUT2D eigenvalue weighted by Crippen LogP contribution is -2.42. The number of nitrogens with zero attached hydrogens (tertiary/aromatic N) is 2. The molecule has 0 saturated carbocycles. The molecule has 0 aromatic carbocycles. The Hall–Kier alpha value is -2.92. The molecule has 2 aromatic rings. The molecule has 2 aromatic heterocycles. The third-order valence-corrected chi connectivity index (χ3v) is 4.86. The van der Waals surface area contributed by atoms with Crippen molar-refractivity contribution in [2.24, 2.45) is 0 Å². The third kappa shape index (κ3) is 7.06. The number of carbonyl (C=O) groups is 2. The lowest BCUT2D eigenvalue weighted by atomic mass is 10.0. The van der Waals surface area contributed by atoms with Gasteiger partial charge in [-0.05, 0) is 37.5 Å². The first-order valence-corrected chi connectivity index (χ1v) is 9.79. The number of hydrogen-bond acceptors (Lipinski definition) is 6. The summed E-state index contributed by atoms with van der Waals surface area (Å²) < 4.78 is 48.1. The molecule has 0 bridgehead atoms. The summed E-state index contributed by atoms with van der Waals surface area (Å²) in [6.45, 7) is 3.56. The minimum Gasteiger partial charge on any atom is -0.475 e. The summed E-state index contributed by atoms with van der Waals surface area (Å²) in [5.41, 5.74) is 1.71. The number of amides is 1. The number of carboxylic acids is 1. The van der Waals surface area contributed by atoms with Crippen molar-refractivity contribution in [1.82, 2.24) is 9.88 Å². The molecular formula is C21H25F3N2O6. The molecule has 176 valence electrons. The highest BCUT2D eigenvalue weighted by Gasteiger charge is 2.39. The Balaban J connectivity index is 0.000000451. The van der Waals surface area contributed by atoms with Gasteiger partial charge in [0.25, 0.3) is 5.91 Å². The number of halogens is 3. The molecule has 1 N–H and O–H groups in total. The van der Waals surface area contributed by atoms with Crippen LogP contribution in [-0.4, -0.2) is 72.1 Å². The van der Waals surface area contributed by atoms with Gasteiger partial charge in [0.15, 0.2) is 0 Å². The fraction of sp³-hybridized carbons (Fsp3) is 0.476. The number of furan rings is 1. The zero-order valence-electron chi connectivity index (χ0n) is 17.7. The van der Waals surface area contributed by atoms with Crippen LogP contribution in [0.1, 0.15) is 28.1 Å². The number of likely N-dealkylation sites (tertiary alicyclic amines) is 1. The van der Waals surface area contributed by atoms with Crippen molar-refractivity contribution in [2.75, 3.05) is 26.9 Å². The fourth-order valence-electron chi connectivity index (χ4n) is 3.32. The van der Waals surface area contributed by atoms with Gasteiger partial charge in [0.05, 0.1) is 37.2 Å². The van der Waals surface area contributed by atoms with Crippen molar-refractivity contribution in [3.05, 3.63) is 53.7 Å². The standard InChI is InChI=1S/C19H24N2O4.C2HF3O2/c1-14-16(6-9-24-14)19(22)21-8-5-18(25-11-10-23-2)17(21)12-15-4-3-7-20-13-15;3-2(4,5)1(6)7/h3-4,6-7,9,13,17-18H,5,8,10-12H2,1-2H3;(H,6,7)/t17-,18-;/m1./s1. The van der Waals surface area contributed by atoms with Crippen molar-refractivity contribution in [3.8, 4) is 0 Å². The molecule has 1 amide bonds. The van der Waals surface area contributed by atoms with Crippen molar-refractivity contribution < 1.29 is 41.8 Å². The third-order valence-electron chi connectivity index (χ3n) is 4.86. The maximum absolute atomic E-state index is 13.0. The number of aryl methyl sites for hydroxylation is 1. The van der Waals surface area contributed by atoms with E-state index in [9.17, 15) is 18.0 Å². The predicted octanol–water partition coefficient (Wildman–Crippen LogP) is 3.11. The first-order valence-electron chi connectivity index (χ1n) is 9.79. The molecule has 11 heteroatoms. The van der Waals surface area contributed by atoms with Crippen LogP contribution in [-0.2, 0) is 20.7 Å². The number of pyridine rings is 1. The summed E-state index contributed by atoms with van der Waals surface area (Å²) in [7, 11) is 1.66. The molecule has 0 radical (unpaired) electrons. The number of alkyl halides is 3. The van der Waals surface area contributed by atoms with Crippen molar-refractivity contribution in [2.45, 2.75) is 38.1 Å². The summed E-state index contributed by atoms with van der Waals surface area (Å²) >= 11 is 0. The molecule has 0 unspecified atom stereocenters. The van der Waals surface area contributed by atoms with E-state index in [0.717, 1.165) is 12.0 Å². The summed E-state index contributed by atoms with van der Waals surface area (Å²) in [4.78, 5) is 28.0. The average Bonchev–Trinajstić information content (AvgIpc) is 3.35. The molecule has 1 aliphatic rings. The van der Waals surface area contributed by atoms with Gasteiger partial charge in [-0.3, -0.25) is 9.78 Å². The Labute approximate surface area is 182 Å². The molecule has 2 atom stereocenters. The van der Waals surface area contributed by atoms with E-state index in [4.69, 9.17) is 23.8 Å². The quantitative estimate of drug-likeness (QED) is 0.636. The summed E-state index contributed by atoms with van der Waals surface area (Å²) in [6.07, 6.45) is 1.59. The lowest BCUT2D eigenvalue weighted by Gasteiger charge is -2.28. The highest BCUT2D eigenvalue weighted by Crippen LogP contribution is 2.27. The molecule has 0 spiro atoms. The number of hydrogen-bond donors (Lipinski definition) is 1. The highest BCUT2D eigenvalue weighted by atomic mass is 19.4. The molecule has 32 heavy (non-hydrogen) atoms. The topological polar surface area (TPSA) is 102 Å². The van der Waals surface area contributed by atoms with E-state index in [-0.39, 0.29) is 18.1 Å². The van der Waals surface area contributed by atoms with Crippen molar-refractivity contribution in [3.63, 3.8) is 0 Å². The number of rotatable bonds is 7. The van der Waals surface area contributed by atoms with Gasteiger partial charge in [0, 0.05) is 26.0 Å². The molecule has 0 aliphatic carbocycles. The molecule has 8 nitrogen and oxygen atoms in total. The number of methoxy groups -OCH3 is 1. The van der Waals surface area contributed by atoms with Crippen LogP contribution in [0, 0.1) is 6.92 Å². The van der Waals surface area contributed by atoms with Crippen LogP contribution in [0.3, 0.4) is 0 Å². The number of carbonyl (C=O) groups excluding carboxylic acids is 1. The van der Waals surface area contributed by atoms with E-state index in [1.165, 1.54) is 0 Å². The predicted molar refractivity (Wildman–Crippen MR) is 106 cm³/mol. The van der Waals surface area contributed by atoms with Gasteiger partial charge >= 0.3 is 12.1 Å². The summed E-state index contributed by atoms with van der Waals surface area (Å²) in [6, 6.07) is 5.65. The molecule has 3 heterocycles. The van der Waals surface area contributed by atoms with E-state index < -0.39 is 12.1 Å². The van der Waals surface area contributed by atoms with Crippen LogP contribution in [0.4, 0.5) is 13.2 Å². The van der Waals surface area contributed by atoms with Gasteiger partial charge < -0.3 is 23.9 Å². The Kier molecular flexibility index (Phi) is 9.21. The van der Waals surface area contributed by atoms with Gasteiger partial charge in [-0.1, -0.05) is 6.07 Å². The van der Waals surface area contributed by atoms with Crippen LogP contribution < -0.4 is 0 Å². The first kappa shape index (κ1) is 25.3. The van der Waals surface area contributed by atoms with E-state index in [1.807, 2.05) is 30.2 Å². The second kappa shape index (κ2) is 11.6. The molecule has 1 fully saturated rings. The number of aliphatic carboxylic acids is 1. The van der Waals surface area contributed by atoms with Crippen molar-refractivity contribution >= 4 is 11.9 Å². The monoisotopic (exact) mass is 458 g/mol. The molecule has 1 aliphatic heterocycles. The summed E-state index contributed by atoms with van der Waals surface area (Å²) in [5.74, 6) is -2.11. The van der Waals surface area contributed by atoms with E-state index in [1.54, 1.807) is 25.6 Å². The maximum atomic E-state index is 13.0. The smallest absolute Gasteiger partial charge is 0.475 e. The lowest BCUT2D eigenvalue weighted by molar-refractivity contribution is -0.192. The van der Waals surface area contributed by atoms with E-state index >= 15 is 0 Å². The largest absolute Gasteiger partial charge is 0.490 e. The van der Waals surface area contributed by atoms with Gasteiger partial charge in [-0.2, -0.15) is 13.2 Å². The SMILES string of the molecule is COCCO[C@@H]1CCN(C(=O)c2ccoc2C)[C@@H]1Cc1cccnc1.O=C(O)C(F)(F)F. The first-order chi connectivity index (χ1) is 15.1. The minimum atomic E-state index is -5.08.